The van der Waals surface area contributed by atoms with Crippen molar-refractivity contribution in [1.82, 2.24) is 6.15 Å². The molecule has 0 aliphatic carbocycles. The molecule has 3 nitrogen and oxygen atoms in total. The third-order valence-electron chi connectivity index (χ3n) is 0.602. The summed E-state index contributed by atoms with van der Waals surface area (Å²) >= 11 is 0. The topological polar surface area (TPSA) is 61.3 Å². The van der Waals surface area contributed by atoms with E-state index in [1.165, 1.54) is 0 Å². The van der Waals surface area contributed by atoms with Crippen LogP contribution in [0.15, 0.2) is 0 Å². The largest absolute Gasteiger partial charge is 0.501 e. The summed E-state index contributed by atoms with van der Waals surface area (Å²) in [5.41, 5.74) is 0. The van der Waals surface area contributed by atoms with Gasteiger partial charge in [0.25, 0.3) is 0 Å². The maximum absolute atomic E-state index is 11.6. The van der Waals surface area contributed by atoms with Crippen LogP contribution in [-0.4, -0.2) is 18.3 Å². The molecule has 0 radical (unpaired) electrons. The van der Waals surface area contributed by atoms with Gasteiger partial charge in [0.1, 0.15) is 0 Å². The maximum atomic E-state index is 11.6. The van der Waals surface area contributed by atoms with Crippen LogP contribution in [-0.2, 0) is 9.53 Å². The number of ether oxygens (including phenoxy) is 1. The SMILES string of the molecule is CC(=O)OC(F)(F)C(F)(F)F.N. The van der Waals surface area contributed by atoms with Crippen LogP contribution in [0.4, 0.5) is 22.0 Å². The minimum Gasteiger partial charge on any atom is -0.394 e. The van der Waals surface area contributed by atoms with E-state index in [1.807, 2.05) is 0 Å². The van der Waals surface area contributed by atoms with Gasteiger partial charge in [0, 0.05) is 6.92 Å². The van der Waals surface area contributed by atoms with Crippen molar-refractivity contribution in [2.45, 2.75) is 19.2 Å². The highest BCUT2D eigenvalue weighted by atomic mass is 19.4. The molecule has 0 aromatic carbocycles. The highest BCUT2D eigenvalue weighted by Gasteiger charge is 2.61. The van der Waals surface area contributed by atoms with Crippen LogP contribution in [0.5, 0.6) is 0 Å². The summed E-state index contributed by atoms with van der Waals surface area (Å²) in [6, 6.07) is 0. The van der Waals surface area contributed by atoms with Crippen molar-refractivity contribution in [1.29, 1.82) is 0 Å². The van der Waals surface area contributed by atoms with E-state index in [2.05, 4.69) is 4.74 Å². The summed E-state index contributed by atoms with van der Waals surface area (Å²) in [5, 5.41) is 0. The standard InChI is InChI=1S/C4H3F5O2.H3N/c1-2(10)11-4(8,9)3(5,6)7;/h1H3;1H3. The molecular formula is C4H6F5NO2. The van der Waals surface area contributed by atoms with Gasteiger partial charge in [0.05, 0.1) is 0 Å². The summed E-state index contributed by atoms with van der Waals surface area (Å²) in [4.78, 5) is 9.70. The van der Waals surface area contributed by atoms with Crippen molar-refractivity contribution in [2.24, 2.45) is 0 Å². The summed E-state index contributed by atoms with van der Waals surface area (Å²) in [7, 11) is 0. The Kier molecular flexibility index (Phi) is 4.16. The predicted molar refractivity (Wildman–Crippen MR) is 27.8 cm³/mol. The Morgan fingerprint density at radius 1 is 1.17 bits per heavy atom. The van der Waals surface area contributed by atoms with Gasteiger partial charge in [-0.1, -0.05) is 0 Å². The number of rotatable bonds is 1. The normalized spacial score (nSPS) is 11.8. The van der Waals surface area contributed by atoms with Crippen molar-refractivity contribution in [3.63, 3.8) is 0 Å². The molecule has 0 bridgehead atoms. The lowest BCUT2D eigenvalue weighted by atomic mass is 10.6. The fourth-order valence-corrected chi connectivity index (χ4v) is 0.238. The van der Waals surface area contributed by atoms with Gasteiger partial charge in [0.15, 0.2) is 0 Å². The van der Waals surface area contributed by atoms with Crippen molar-refractivity contribution >= 4 is 5.97 Å². The number of hydrogen-bond acceptors (Lipinski definition) is 3. The van der Waals surface area contributed by atoms with Crippen molar-refractivity contribution < 1.29 is 31.5 Å². The van der Waals surface area contributed by atoms with E-state index >= 15 is 0 Å². The zero-order valence-electron chi connectivity index (χ0n) is 5.91. The number of carbonyl (C=O) groups is 1. The zero-order valence-corrected chi connectivity index (χ0v) is 5.91. The van der Waals surface area contributed by atoms with E-state index in [0.29, 0.717) is 6.92 Å². The Hall–Kier alpha value is -0.920. The smallest absolute Gasteiger partial charge is 0.394 e. The molecular weight excluding hydrogens is 189 g/mol. The lowest BCUT2D eigenvalue weighted by Gasteiger charge is -2.17. The summed E-state index contributed by atoms with van der Waals surface area (Å²) in [6.07, 6.45) is -11.2. The highest BCUT2D eigenvalue weighted by molar-refractivity contribution is 5.66. The molecule has 0 aliphatic heterocycles. The molecule has 0 aromatic heterocycles. The second-order valence-corrected chi connectivity index (χ2v) is 1.61. The van der Waals surface area contributed by atoms with Gasteiger partial charge in [-0.2, -0.15) is 22.0 Å². The monoisotopic (exact) mass is 195 g/mol. The lowest BCUT2D eigenvalue weighted by Crippen LogP contribution is -2.40. The summed E-state index contributed by atoms with van der Waals surface area (Å²) < 4.78 is 59.4. The van der Waals surface area contributed by atoms with Gasteiger partial charge in [-0.15, -0.1) is 0 Å². The Morgan fingerprint density at radius 2 is 1.50 bits per heavy atom. The minimum absolute atomic E-state index is 0. The van der Waals surface area contributed by atoms with Gasteiger partial charge in [0.2, 0.25) is 0 Å². The Bertz CT molecular complexity index is 165. The van der Waals surface area contributed by atoms with Gasteiger partial charge >= 0.3 is 18.3 Å². The average molecular weight is 195 g/mol. The summed E-state index contributed by atoms with van der Waals surface area (Å²) in [6.45, 7) is 0.458. The first-order chi connectivity index (χ1) is 4.67. The molecule has 0 saturated heterocycles. The van der Waals surface area contributed by atoms with Crippen LogP contribution >= 0.6 is 0 Å². The Balaban J connectivity index is 0. The van der Waals surface area contributed by atoms with Crippen LogP contribution in [0, 0.1) is 0 Å². The van der Waals surface area contributed by atoms with Crippen LogP contribution in [0.1, 0.15) is 6.92 Å². The molecule has 0 rings (SSSR count). The lowest BCUT2D eigenvalue weighted by molar-refractivity contribution is -0.375. The van der Waals surface area contributed by atoms with E-state index in [9.17, 15) is 26.7 Å². The molecule has 0 aromatic rings. The fraction of sp³-hybridized carbons (Fsp3) is 0.750. The Labute approximate surface area is 64.1 Å². The molecule has 74 valence electrons. The first-order valence-corrected chi connectivity index (χ1v) is 2.31. The average Bonchev–Trinajstić information content (AvgIpc) is 1.56. The molecule has 0 amide bonds. The molecule has 0 saturated carbocycles. The maximum Gasteiger partial charge on any atom is 0.501 e. The molecule has 0 heterocycles. The second-order valence-electron chi connectivity index (χ2n) is 1.61. The van der Waals surface area contributed by atoms with E-state index in [0.717, 1.165) is 0 Å². The van der Waals surface area contributed by atoms with Crippen LogP contribution in [0.2, 0.25) is 0 Å². The third-order valence-corrected chi connectivity index (χ3v) is 0.602. The number of alkyl halides is 5. The summed E-state index contributed by atoms with van der Waals surface area (Å²) in [5.74, 6) is -1.69. The highest BCUT2D eigenvalue weighted by Crippen LogP contribution is 2.36. The van der Waals surface area contributed by atoms with Crippen LogP contribution in [0.25, 0.3) is 0 Å². The van der Waals surface area contributed by atoms with E-state index in [4.69, 9.17) is 0 Å². The molecule has 3 N–H and O–H groups in total. The predicted octanol–water partition coefficient (Wildman–Crippen LogP) is 1.87. The van der Waals surface area contributed by atoms with Crippen molar-refractivity contribution in [2.75, 3.05) is 0 Å². The molecule has 0 aliphatic rings. The quantitative estimate of drug-likeness (QED) is 0.513. The molecule has 12 heavy (non-hydrogen) atoms. The van der Waals surface area contributed by atoms with Gasteiger partial charge < -0.3 is 10.9 Å². The Morgan fingerprint density at radius 3 is 1.58 bits per heavy atom. The molecule has 0 unspecified atom stereocenters. The second kappa shape index (κ2) is 3.65. The number of esters is 1. The third kappa shape index (κ3) is 3.46. The minimum atomic E-state index is -5.85. The zero-order chi connectivity index (χ0) is 9.28. The first-order valence-electron chi connectivity index (χ1n) is 2.31. The van der Waals surface area contributed by atoms with E-state index < -0.39 is 18.3 Å². The van der Waals surface area contributed by atoms with Crippen molar-refractivity contribution in [3.05, 3.63) is 0 Å². The van der Waals surface area contributed by atoms with E-state index in [-0.39, 0.29) is 6.15 Å². The van der Waals surface area contributed by atoms with E-state index in [1.54, 1.807) is 0 Å². The first kappa shape index (κ1) is 13.7. The molecule has 0 spiro atoms. The van der Waals surface area contributed by atoms with Gasteiger partial charge in [-0.25, -0.2) is 0 Å². The van der Waals surface area contributed by atoms with Crippen molar-refractivity contribution in [3.8, 4) is 0 Å². The fourth-order valence-electron chi connectivity index (χ4n) is 0.238. The number of carbonyl (C=O) groups excluding carboxylic acids is 1. The molecule has 0 fully saturated rings. The van der Waals surface area contributed by atoms with Gasteiger partial charge in [-0.3, -0.25) is 4.79 Å². The molecule has 0 atom stereocenters. The molecule has 8 heteroatoms. The van der Waals surface area contributed by atoms with Gasteiger partial charge in [-0.05, 0) is 0 Å². The van der Waals surface area contributed by atoms with Crippen LogP contribution in [0.3, 0.4) is 0 Å². The van der Waals surface area contributed by atoms with Crippen LogP contribution < -0.4 is 6.15 Å². The number of hydrogen-bond donors (Lipinski definition) is 1. The number of halogens is 5.